The molecule has 0 aromatic carbocycles. The Morgan fingerprint density at radius 3 is 2.20 bits per heavy atom. The summed E-state index contributed by atoms with van der Waals surface area (Å²) in [5, 5.41) is 0. The minimum Gasteiger partial charge on any atom is -0.300 e. The van der Waals surface area contributed by atoms with Gasteiger partial charge in [-0.1, -0.05) is 39.5 Å². The lowest BCUT2D eigenvalue weighted by molar-refractivity contribution is 0.207. The van der Waals surface area contributed by atoms with E-state index < -0.39 is 0 Å². The fourth-order valence-electron chi connectivity index (χ4n) is 2.54. The van der Waals surface area contributed by atoms with Gasteiger partial charge in [0.05, 0.1) is 0 Å². The molecule has 0 aromatic heterocycles. The van der Waals surface area contributed by atoms with Gasteiger partial charge in [0.15, 0.2) is 0 Å². The number of hydrogen-bond donors (Lipinski definition) is 0. The van der Waals surface area contributed by atoms with Gasteiger partial charge in [0.1, 0.15) is 0 Å². The predicted molar refractivity (Wildman–Crippen MR) is 66.8 cm³/mol. The molecule has 1 atom stereocenters. The van der Waals surface area contributed by atoms with Gasteiger partial charge >= 0.3 is 0 Å². The van der Waals surface area contributed by atoms with Gasteiger partial charge in [-0.2, -0.15) is 0 Å². The molecule has 0 N–H and O–H groups in total. The van der Waals surface area contributed by atoms with Crippen LogP contribution >= 0.6 is 0 Å². The van der Waals surface area contributed by atoms with Crippen LogP contribution in [0.15, 0.2) is 0 Å². The van der Waals surface area contributed by atoms with Crippen LogP contribution in [0.2, 0.25) is 0 Å². The van der Waals surface area contributed by atoms with E-state index in [0.717, 1.165) is 12.6 Å². The predicted octanol–water partition coefficient (Wildman–Crippen LogP) is 3.77. The van der Waals surface area contributed by atoms with Crippen LogP contribution in [0.3, 0.4) is 0 Å². The van der Waals surface area contributed by atoms with E-state index in [4.69, 9.17) is 6.92 Å². The number of hydrogen-bond acceptors (Lipinski definition) is 1. The van der Waals surface area contributed by atoms with Gasteiger partial charge < -0.3 is 4.90 Å². The highest BCUT2D eigenvalue weighted by molar-refractivity contribution is 4.82. The fraction of sp³-hybridized carbons (Fsp3) is 0.929. The van der Waals surface area contributed by atoms with Crippen LogP contribution < -0.4 is 0 Å². The molecule has 1 nitrogen and oxygen atoms in total. The number of nitrogens with zero attached hydrogens (tertiary/aromatic N) is 1. The molecule has 1 heteroatoms. The van der Waals surface area contributed by atoms with Gasteiger partial charge in [0.25, 0.3) is 0 Å². The third kappa shape index (κ3) is 4.55. The summed E-state index contributed by atoms with van der Waals surface area (Å²) in [4.78, 5) is 2.63. The maximum atomic E-state index is 5.98. The zero-order valence-corrected chi connectivity index (χ0v) is 10.5. The first-order chi connectivity index (χ1) is 7.27. The molecule has 1 aliphatic rings. The molecular weight excluding hydrogens is 182 g/mol. The third-order valence-electron chi connectivity index (χ3n) is 3.55. The van der Waals surface area contributed by atoms with Crippen molar-refractivity contribution in [3.8, 4) is 0 Å². The van der Waals surface area contributed by atoms with Gasteiger partial charge in [-0.25, -0.2) is 0 Å². The van der Waals surface area contributed by atoms with Crippen LogP contribution in [0.25, 0.3) is 0 Å². The van der Waals surface area contributed by atoms with Crippen LogP contribution in [0.4, 0.5) is 0 Å². The van der Waals surface area contributed by atoms with Crippen molar-refractivity contribution < 1.29 is 0 Å². The first-order valence-electron chi connectivity index (χ1n) is 6.77. The van der Waals surface area contributed by atoms with Crippen molar-refractivity contribution in [3.63, 3.8) is 0 Å². The third-order valence-corrected chi connectivity index (χ3v) is 3.55. The maximum absolute atomic E-state index is 5.98. The van der Waals surface area contributed by atoms with Gasteiger partial charge in [-0.05, 0) is 38.6 Å². The second-order valence-electron chi connectivity index (χ2n) is 4.98. The van der Waals surface area contributed by atoms with Crippen molar-refractivity contribution in [1.82, 2.24) is 4.90 Å². The molecule has 88 valence electrons. The summed E-state index contributed by atoms with van der Waals surface area (Å²) in [6.45, 7) is 12.9. The molecular formula is C14H27N. The molecule has 1 aliphatic heterocycles. The number of rotatable bonds is 7. The van der Waals surface area contributed by atoms with E-state index in [2.05, 4.69) is 18.7 Å². The summed E-state index contributed by atoms with van der Waals surface area (Å²) in [7, 11) is 0. The second-order valence-corrected chi connectivity index (χ2v) is 4.98. The summed E-state index contributed by atoms with van der Waals surface area (Å²) in [5.74, 6) is 0.441. The largest absolute Gasteiger partial charge is 0.300 e. The molecule has 1 fully saturated rings. The van der Waals surface area contributed by atoms with E-state index in [1.807, 2.05) is 0 Å². The molecule has 15 heavy (non-hydrogen) atoms. The Morgan fingerprint density at radius 2 is 1.80 bits per heavy atom. The Labute approximate surface area is 96.2 Å². The monoisotopic (exact) mass is 209 g/mol. The Bertz CT molecular complexity index is 147. The zero-order chi connectivity index (χ0) is 11.1. The van der Waals surface area contributed by atoms with Crippen LogP contribution in [-0.2, 0) is 0 Å². The molecule has 1 unspecified atom stereocenters. The summed E-state index contributed by atoms with van der Waals surface area (Å²) in [5.41, 5.74) is 0. The van der Waals surface area contributed by atoms with E-state index in [0.29, 0.717) is 5.92 Å². The maximum Gasteiger partial charge on any atom is 0.00953 e. The van der Waals surface area contributed by atoms with Gasteiger partial charge in [0.2, 0.25) is 0 Å². The quantitative estimate of drug-likeness (QED) is 0.617. The lowest BCUT2D eigenvalue weighted by atomic mass is 10.0. The summed E-state index contributed by atoms with van der Waals surface area (Å²) in [6.07, 6.45) is 9.35. The number of unbranched alkanes of at least 4 members (excludes halogenated alkanes) is 2. The van der Waals surface area contributed by atoms with E-state index in [1.165, 1.54) is 51.5 Å². The summed E-state index contributed by atoms with van der Waals surface area (Å²) in [6, 6.07) is 0.818. The van der Waals surface area contributed by atoms with Gasteiger partial charge in [0, 0.05) is 12.6 Å². The molecule has 1 saturated heterocycles. The van der Waals surface area contributed by atoms with E-state index in [9.17, 15) is 0 Å². The topological polar surface area (TPSA) is 3.24 Å². The Hall–Kier alpha value is -0.0400. The minimum absolute atomic E-state index is 0.441. The summed E-state index contributed by atoms with van der Waals surface area (Å²) >= 11 is 0. The minimum atomic E-state index is 0.441. The van der Waals surface area contributed by atoms with Crippen molar-refractivity contribution >= 4 is 0 Å². The van der Waals surface area contributed by atoms with Crippen molar-refractivity contribution in [2.75, 3.05) is 13.1 Å². The highest BCUT2D eigenvalue weighted by Gasteiger charge is 2.24. The fourth-order valence-corrected chi connectivity index (χ4v) is 2.54. The lowest BCUT2D eigenvalue weighted by Gasteiger charge is -2.27. The summed E-state index contributed by atoms with van der Waals surface area (Å²) < 4.78 is 0. The average molecular weight is 209 g/mol. The van der Waals surface area contributed by atoms with Crippen LogP contribution in [0.1, 0.15) is 58.8 Å². The molecule has 1 heterocycles. The molecule has 0 saturated carbocycles. The Balaban J connectivity index is 2.32. The molecule has 0 aromatic rings. The highest BCUT2D eigenvalue weighted by Crippen LogP contribution is 2.23. The zero-order valence-electron chi connectivity index (χ0n) is 10.5. The van der Waals surface area contributed by atoms with Gasteiger partial charge in [-0.3, -0.25) is 0 Å². The van der Waals surface area contributed by atoms with Crippen molar-refractivity contribution in [3.05, 3.63) is 6.92 Å². The highest BCUT2D eigenvalue weighted by atomic mass is 15.2. The molecule has 0 spiro atoms. The van der Waals surface area contributed by atoms with Crippen molar-refractivity contribution in [2.45, 2.75) is 64.8 Å². The second kappa shape index (κ2) is 7.27. The first-order valence-corrected chi connectivity index (χ1v) is 6.77. The van der Waals surface area contributed by atoms with Crippen LogP contribution in [0.5, 0.6) is 0 Å². The normalized spacial score (nSPS) is 22.8. The Morgan fingerprint density at radius 1 is 1.20 bits per heavy atom. The van der Waals surface area contributed by atoms with E-state index in [1.54, 1.807) is 0 Å². The van der Waals surface area contributed by atoms with E-state index in [-0.39, 0.29) is 0 Å². The standard InChI is InChI=1S/C14H27N/c1-4-6-8-14(9-7-5-2)15-11-10-13(3)12-15/h3,13-14H,4-12H2,1-2H3. The number of likely N-dealkylation sites (tertiary alicyclic amines) is 1. The molecule has 1 rings (SSSR count). The molecule has 0 amide bonds. The molecule has 0 bridgehead atoms. The average Bonchev–Trinajstić information content (AvgIpc) is 2.65. The molecule has 0 aliphatic carbocycles. The smallest absolute Gasteiger partial charge is 0.00953 e. The SMILES string of the molecule is [CH]C1CCN(C(CCCC)CCCC)C1. The van der Waals surface area contributed by atoms with Crippen molar-refractivity contribution in [2.24, 2.45) is 5.92 Å². The van der Waals surface area contributed by atoms with Crippen LogP contribution in [0, 0.1) is 12.8 Å². The molecule has 2 radical (unpaired) electrons. The van der Waals surface area contributed by atoms with Crippen molar-refractivity contribution in [1.29, 1.82) is 0 Å². The van der Waals surface area contributed by atoms with E-state index >= 15 is 0 Å². The lowest BCUT2D eigenvalue weighted by Crippen LogP contribution is -2.33. The Kier molecular flexibility index (Phi) is 6.31. The van der Waals surface area contributed by atoms with Gasteiger partial charge in [-0.15, -0.1) is 0 Å². The van der Waals surface area contributed by atoms with Crippen LogP contribution in [-0.4, -0.2) is 24.0 Å². The first kappa shape index (κ1) is 13.0.